The van der Waals surface area contributed by atoms with Gasteiger partial charge in [-0.1, -0.05) is 49.3 Å². The molecule has 134 valence electrons. The van der Waals surface area contributed by atoms with Crippen LogP contribution in [0, 0.1) is 17.0 Å². The van der Waals surface area contributed by atoms with Crippen molar-refractivity contribution in [2.45, 2.75) is 33.3 Å². The molecule has 0 saturated heterocycles. The summed E-state index contributed by atoms with van der Waals surface area (Å²) in [6.07, 6.45) is 0. The Hall–Kier alpha value is -3.22. The van der Waals surface area contributed by atoms with Crippen LogP contribution in [-0.4, -0.2) is 15.1 Å². The highest BCUT2D eigenvalue weighted by Gasteiger charge is 2.17. The summed E-state index contributed by atoms with van der Waals surface area (Å²) in [7, 11) is 0. The predicted molar refractivity (Wildman–Crippen MR) is 96.0 cm³/mol. The van der Waals surface area contributed by atoms with Crippen molar-refractivity contribution in [1.29, 1.82) is 0 Å². The summed E-state index contributed by atoms with van der Waals surface area (Å²) < 4.78 is 10.7. The maximum Gasteiger partial charge on any atom is 0.310 e. The fourth-order valence-electron chi connectivity index (χ4n) is 2.48. The molecule has 0 aliphatic rings. The standard InChI is InChI=1S/C19H19N3O4/c1-12(2)14-5-7-15(8-6-14)19-20-18(26-21-19)11-25-17-10-13(3)4-9-16(17)22(23)24/h4-10,12H,11H2,1-3H3. The minimum absolute atomic E-state index is 0.0403. The summed E-state index contributed by atoms with van der Waals surface area (Å²) in [5.41, 5.74) is 2.83. The Morgan fingerprint density at radius 1 is 1.19 bits per heavy atom. The Bertz CT molecular complexity index is 917. The van der Waals surface area contributed by atoms with Gasteiger partial charge in [-0.3, -0.25) is 10.1 Å². The van der Waals surface area contributed by atoms with Gasteiger partial charge >= 0.3 is 5.69 Å². The lowest BCUT2D eigenvalue weighted by molar-refractivity contribution is -0.386. The fourth-order valence-corrected chi connectivity index (χ4v) is 2.48. The van der Waals surface area contributed by atoms with Crippen LogP contribution in [0.4, 0.5) is 5.69 Å². The van der Waals surface area contributed by atoms with Gasteiger partial charge in [0.25, 0.3) is 5.89 Å². The van der Waals surface area contributed by atoms with Crippen molar-refractivity contribution in [2.75, 3.05) is 0 Å². The minimum Gasteiger partial charge on any atom is -0.477 e. The average molecular weight is 353 g/mol. The van der Waals surface area contributed by atoms with Crippen molar-refractivity contribution in [1.82, 2.24) is 10.1 Å². The van der Waals surface area contributed by atoms with E-state index in [2.05, 4.69) is 24.0 Å². The summed E-state index contributed by atoms with van der Waals surface area (Å²) in [5.74, 6) is 1.33. The van der Waals surface area contributed by atoms with Gasteiger partial charge in [0.15, 0.2) is 12.4 Å². The zero-order chi connectivity index (χ0) is 18.7. The van der Waals surface area contributed by atoms with Crippen LogP contribution in [-0.2, 0) is 6.61 Å². The number of aryl methyl sites for hydroxylation is 1. The number of nitrogens with zero attached hydrogens (tertiary/aromatic N) is 3. The molecular weight excluding hydrogens is 334 g/mol. The van der Waals surface area contributed by atoms with Crippen molar-refractivity contribution in [3.05, 3.63) is 69.6 Å². The van der Waals surface area contributed by atoms with Crippen LogP contribution in [0.3, 0.4) is 0 Å². The first kappa shape index (κ1) is 17.6. The van der Waals surface area contributed by atoms with E-state index in [4.69, 9.17) is 9.26 Å². The molecular formula is C19H19N3O4. The largest absolute Gasteiger partial charge is 0.477 e. The summed E-state index contributed by atoms with van der Waals surface area (Å²) in [4.78, 5) is 14.9. The molecule has 7 heteroatoms. The SMILES string of the molecule is Cc1ccc([N+](=O)[O-])c(OCc2nc(-c3ccc(C(C)C)cc3)no2)c1. The van der Waals surface area contributed by atoms with Gasteiger partial charge in [-0.25, -0.2) is 0 Å². The van der Waals surface area contributed by atoms with Gasteiger partial charge in [0.1, 0.15) is 0 Å². The van der Waals surface area contributed by atoms with Crippen molar-refractivity contribution < 1.29 is 14.2 Å². The van der Waals surface area contributed by atoms with Gasteiger partial charge in [0.2, 0.25) is 5.82 Å². The molecule has 0 aliphatic carbocycles. The van der Waals surface area contributed by atoms with Crippen LogP contribution in [0.5, 0.6) is 5.75 Å². The highest BCUT2D eigenvalue weighted by molar-refractivity contribution is 5.55. The van der Waals surface area contributed by atoms with Crippen LogP contribution in [0.15, 0.2) is 47.0 Å². The molecule has 3 aromatic rings. The third kappa shape index (κ3) is 3.88. The molecule has 0 unspecified atom stereocenters. The molecule has 0 N–H and O–H groups in total. The number of benzene rings is 2. The van der Waals surface area contributed by atoms with Crippen molar-refractivity contribution in [3.63, 3.8) is 0 Å². The first-order valence-electron chi connectivity index (χ1n) is 8.25. The van der Waals surface area contributed by atoms with E-state index in [-0.39, 0.29) is 23.9 Å². The first-order chi connectivity index (χ1) is 12.4. The van der Waals surface area contributed by atoms with Crippen LogP contribution in [0.1, 0.15) is 36.8 Å². The van der Waals surface area contributed by atoms with E-state index >= 15 is 0 Å². The smallest absolute Gasteiger partial charge is 0.310 e. The van der Waals surface area contributed by atoms with E-state index < -0.39 is 4.92 Å². The van der Waals surface area contributed by atoms with Crippen molar-refractivity contribution in [2.24, 2.45) is 0 Å². The van der Waals surface area contributed by atoms with Gasteiger partial charge < -0.3 is 9.26 Å². The second kappa shape index (κ2) is 7.35. The quantitative estimate of drug-likeness (QED) is 0.473. The summed E-state index contributed by atoms with van der Waals surface area (Å²) in [5, 5.41) is 15.0. The van der Waals surface area contributed by atoms with Crippen molar-refractivity contribution >= 4 is 5.69 Å². The van der Waals surface area contributed by atoms with E-state index in [0.717, 1.165) is 11.1 Å². The van der Waals surface area contributed by atoms with Crippen LogP contribution in [0.25, 0.3) is 11.4 Å². The number of nitro benzene ring substituents is 1. The van der Waals surface area contributed by atoms with Crippen LogP contribution < -0.4 is 4.74 Å². The minimum atomic E-state index is -0.482. The van der Waals surface area contributed by atoms with Crippen LogP contribution in [0.2, 0.25) is 0 Å². The van der Waals surface area contributed by atoms with Gasteiger partial charge in [-0.15, -0.1) is 0 Å². The molecule has 0 spiro atoms. The Balaban J connectivity index is 1.73. The van der Waals surface area contributed by atoms with E-state index in [1.54, 1.807) is 12.1 Å². The molecule has 26 heavy (non-hydrogen) atoms. The Labute approximate surface area is 150 Å². The molecule has 3 rings (SSSR count). The van der Waals surface area contributed by atoms with E-state index in [1.165, 1.54) is 11.6 Å². The molecule has 0 fully saturated rings. The second-order valence-corrected chi connectivity index (χ2v) is 6.31. The Morgan fingerprint density at radius 2 is 1.92 bits per heavy atom. The summed E-state index contributed by atoms with van der Waals surface area (Å²) in [6, 6.07) is 12.6. The molecule has 0 atom stereocenters. The molecule has 1 heterocycles. The highest BCUT2D eigenvalue weighted by atomic mass is 16.6. The molecule has 0 saturated carbocycles. The highest BCUT2D eigenvalue weighted by Crippen LogP contribution is 2.28. The topological polar surface area (TPSA) is 91.3 Å². The molecule has 7 nitrogen and oxygen atoms in total. The molecule has 0 radical (unpaired) electrons. The molecule has 0 aliphatic heterocycles. The maximum atomic E-state index is 11.1. The van der Waals surface area contributed by atoms with E-state index in [1.807, 2.05) is 31.2 Å². The number of ether oxygens (including phenoxy) is 1. The summed E-state index contributed by atoms with van der Waals surface area (Å²) in [6.45, 7) is 6.05. The predicted octanol–water partition coefficient (Wildman–Crippen LogP) is 4.66. The number of aromatic nitrogens is 2. The number of rotatable bonds is 6. The normalized spacial score (nSPS) is 10.9. The van der Waals surface area contributed by atoms with E-state index in [0.29, 0.717) is 11.7 Å². The zero-order valence-corrected chi connectivity index (χ0v) is 14.8. The number of hydrogen-bond acceptors (Lipinski definition) is 6. The Kier molecular flexibility index (Phi) is 4.97. The fraction of sp³-hybridized carbons (Fsp3) is 0.263. The molecule has 2 aromatic carbocycles. The lowest BCUT2D eigenvalue weighted by Gasteiger charge is -2.05. The van der Waals surface area contributed by atoms with Gasteiger partial charge in [0, 0.05) is 11.6 Å². The molecule has 0 amide bonds. The first-order valence-corrected chi connectivity index (χ1v) is 8.25. The second-order valence-electron chi connectivity index (χ2n) is 6.31. The molecule has 1 aromatic heterocycles. The number of hydrogen-bond donors (Lipinski definition) is 0. The Morgan fingerprint density at radius 3 is 2.58 bits per heavy atom. The number of nitro groups is 1. The zero-order valence-electron chi connectivity index (χ0n) is 14.8. The lowest BCUT2D eigenvalue weighted by atomic mass is 10.0. The van der Waals surface area contributed by atoms with Crippen LogP contribution >= 0.6 is 0 Å². The third-order valence-electron chi connectivity index (χ3n) is 3.97. The average Bonchev–Trinajstić information content (AvgIpc) is 3.09. The maximum absolute atomic E-state index is 11.1. The monoisotopic (exact) mass is 353 g/mol. The van der Waals surface area contributed by atoms with Gasteiger partial charge in [-0.2, -0.15) is 4.98 Å². The molecule has 0 bridgehead atoms. The van der Waals surface area contributed by atoms with Crippen molar-refractivity contribution in [3.8, 4) is 17.1 Å². The summed E-state index contributed by atoms with van der Waals surface area (Å²) >= 11 is 0. The van der Waals surface area contributed by atoms with Gasteiger partial charge in [0.05, 0.1) is 4.92 Å². The van der Waals surface area contributed by atoms with Gasteiger partial charge in [-0.05, 0) is 30.0 Å². The van der Waals surface area contributed by atoms with E-state index in [9.17, 15) is 10.1 Å². The third-order valence-corrected chi connectivity index (χ3v) is 3.97. The lowest BCUT2D eigenvalue weighted by Crippen LogP contribution is -2.00.